The normalized spacial score (nSPS) is 15.8. The third-order valence-electron chi connectivity index (χ3n) is 4.18. The molecule has 138 valence electrons. The number of sulfonamides is 1. The number of urea groups is 1. The minimum atomic E-state index is -3.18. The quantitative estimate of drug-likeness (QED) is 0.688. The lowest BCUT2D eigenvalue weighted by atomic mass is 9.97. The van der Waals surface area contributed by atoms with Crippen molar-refractivity contribution in [1.82, 2.24) is 14.9 Å². The van der Waals surface area contributed by atoms with E-state index in [0.717, 1.165) is 24.7 Å². The highest BCUT2D eigenvalue weighted by Gasteiger charge is 2.23. The van der Waals surface area contributed by atoms with E-state index in [1.165, 1.54) is 12.1 Å². The zero-order valence-electron chi connectivity index (χ0n) is 14.1. The van der Waals surface area contributed by atoms with Gasteiger partial charge in [-0.15, -0.1) is 0 Å². The van der Waals surface area contributed by atoms with Gasteiger partial charge in [-0.2, -0.15) is 0 Å². The number of carbonyl (C=O) groups is 2. The van der Waals surface area contributed by atoms with Crippen LogP contribution in [0.1, 0.15) is 28.8 Å². The summed E-state index contributed by atoms with van der Waals surface area (Å²) in [5, 5.41) is 11.7. The molecule has 0 aromatic heterocycles. The summed E-state index contributed by atoms with van der Waals surface area (Å²) >= 11 is 0. The molecule has 1 aromatic rings. The van der Waals surface area contributed by atoms with E-state index in [1.54, 1.807) is 17.0 Å². The number of amides is 2. The number of carbonyl (C=O) groups excluding carboxylic acids is 1. The van der Waals surface area contributed by atoms with Crippen molar-refractivity contribution in [2.24, 2.45) is 5.92 Å². The molecule has 0 atom stereocenters. The second-order valence-electron chi connectivity index (χ2n) is 6.21. The molecule has 1 fully saturated rings. The molecule has 3 N–H and O–H groups in total. The number of hydrogen-bond acceptors (Lipinski definition) is 4. The van der Waals surface area contributed by atoms with Crippen LogP contribution in [0.3, 0.4) is 0 Å². The van der Waals surface area contributed by atoms with Gasteiger partial charge >= 0.3 is 12.0 Å². The molecule has 25 heavy (non-hydrogen) atoms. The molecule has 0 radical (unpaired) electrons. The number of piperidine rings is 1. The maximum absolute atomic E-state index is 12.2. The SMILES string of the molecule is CS(=O)(=O)NCC1CCN(C(=O)NCc2ccc(C(=O)O)cc2)CC1. The number of hydrogen-bond donors (Lipinski definition) is 3. The Morgan fingerprint density at radius 3 is 2.32 bits per heavy atom. The number of carboxylic acids is 1. The highest BCUT2D eigenvalue weighted by Crippen LogP contribution is 2.16. The number of rotatable bonds is 6. The van der Waals surface area contributed by atoms with Gasteiger partial charge in [0.05, 0.1) is 11.8 Å². The maximum Gasteiger partial charge on any atom is 0.335 e. The largest absolute Gasteiger partial charge is 0.478 e. The Hall–Kier alpha value is -2.13. The van der Waals surface area contributed by atoms with Crippen LogP contribution in [0.15, 0.2) is 24.3 Å². The summed E-state index contributed by atoms with van der Waals surface area (Å²) in [5.74, 6) is -0.744. The summed E-state index contributed by atoms with van der Waals surface area (Å²) in [4.78, 5) is 24.7. The van der Waals surface area contributed by atoms with Crippen molar-refractivity contribution >= 4 is 22.0 Å². The number of nitrogens with zero attached hydrogens (tertiary/aromatic N) is 1. The van der Waals surface area contributed by atoms with Gasteiger partial charge in [0.2, 0.25) is 10.0 Å². The van der Waals surface area contributed by atoms with Crippen LogP contribution in [-0.4, -0.2) is 56.3 Å². The zero-order valence-corrected chi connectivity index (χ0v) is 14.9. The monoisotopic (exact) mass is 369 g/mol. The first kappa shape index (κ1) is 19.2. The van der Waals surface area contributed by atoms with Gasteiger partial charge < -0.3 is 15.3 Å². The molecule has 0 bridgehead atoms. The molecule has 2 rings (SSSR count). The van der Waals surface area contributed by atoms with Crippen molar-refractivity contribution in [2.45, 2.75) is 19.4 Å². The van der Waals surface area contributed by atoms with Gasteiger partial charge in [-0.3, -0.25) is 0 Å². The fraction of sp³-hybridized carbons (Fsp3) is 0.500. The van der Waals surface area contributed by atoms with Gasteiger partial charge in [-0.05, 0) is 36.5 Å². The Morgan fingerprint density at radius 2 is 1.80 bits per heavy atom. The summed E-state index contributed by atoms with van der Waals surface area (Å²) in [6, 6.07) is 6.19. The second-order valence-corrected chi connectivity index (χ2v) is 8.04. The van der Waals surface area contributed by atoms with Gasteiger partial charge in [0.1, 0.15) is 0 Å². The van der Waals surface area contributed by atoms with Crippen molar-refractivity contribution in [1.29, 1.82) is 0 Å². The topological polar surface area (TPSA) is 116 Å². The van der Waals surface area contributed by atoms with E-state index in [4.69, 9.17) is 5.11 Å². The van der Waals surface area contributed by atoms with Crippen molar-refractivity contribution in [2.75, 3.05) is 25.9 Å². The lowest BCUT2D eigenvalue weighted by molar-refractivity contribution is 0.0696. The van der Waals surface area contributed by atoms with E-state index in [2.05, 4.69) is 10.0 Å². The van der Waals surface area contributed by atoms with Gasteiger partial charge in [0.15, 0.2) is 0 Å². The molecule has 1 aliphatic heterocycles. The average Bonchev–Trinajstić information content (AvgIpc) is 2.58. The van der Waals surface area contributed by atoms with Crippen LogP contribution in [0.25, 0.3) is 0 Å². The molecule has 1 aliphatic rings. The van der Waals surface area contributed by atoms with E-state index >= 15 is 0 Å². The van der Waals surface area contributed by atoms with Crippen LogP contribution >= 0.6 is 0 Å². The summed E-state index contributed by atoms with van der Waals surface area (Å²) in [7, 11) is -3.18. The number of carboxylic acid groups (broad SMARTS) is 1. The van der Waals surface area contributed by atoms with E-state index < -0.39 is 16.0 Å². The number of benzene rings is 1. The van der Waals surface area contributed by atoms with Crippen LogP contribution in [0.2, 0.25) is 0 Å². The first-order valence-corrected chi connectivity index (χ1v) is 9.93. The second kappa shape index (κ2) is 8.30. The Labute approximate surface area is 147 Å². The Morgan fingerprint density at radius 1 is 1.20 bits per heavy atom. The van der Waals surface area contributed by atoms with Crippen molar-refractivity contribution in [3.05, 3.63) is 35.4 Å². The fourth-order valence-electron chi connectivity index (χ4n) is 2.66. The van der Waals surface area contributed by atoms with E-state index in [0.29, 0.717) is 26.2 Å². The van der Waals surface area contributed by atoms with Crippen molar-refractivity contribution < 1.29 is 23.1 Å². The molecule has 2 amide bonds. The van der Waals surface area contributed by atoms with Gasteiger partial charge in [0.25, 0.3) is 0 Å². The number of nitrogens with one attached hydrogen (secondary N) is 2. The van der Waals surface area contributed by atoms with Gasteiger partial charge in [-0.25, -0.2) is 22.7 Å². The first-order chi connectivity index (χ1) is 11.7. The maximum atomic E-state index is 12.2. The molecule has 1 saturated heterocycles. The molecule has 1 aromatic carbocycles. The lowest BCUT2D eigenvalue weighted by Gasteiger charge is -2.32. The number of likely N-dealkylation sites (tertiary alicyclic amines) is 1. The minimum Gasteiger partial charge on any atom is -0.478 e. The average molecular weight is 369 g/mol. The fourth-order valence-corrected chi connectivity index (χ4v) is 3.20. The third-order valence-corrected chi connectivity index (χ3v) is 4.87. The van der Waals surface area contributed by atoms with Crippen LogP contribution in [-0.2, 0) is 16.6 Å². The standard InChI is InChI=1S/C16H23N3O5S/c1-25(23,24)18-11-13-6-8-19(9-7-13)16(22)17-10-12-2-4-14(5-3-12)15(20)21/h2-5,13,18H,6-11H2,1H3,(H,17,22)(H,20,21). The smallest absolute Gasteiger partial charge is 0.335 e. The first-order valence-electron chi connectivity index (χ1n) is 8.04. The third kappa shape index (κ3) is 6.35. The Balaban J connectivity index is 1.74. The summed E-state index contributed by atoms with van der Waals surface area (Å²) in [6.45, 7) is 1.90. The van der Waals surface area contributed by atoms with Crippen LogP contribution in [0.4, 0.5) is 4.79 Å². The highest BCUT2D eigenvalue weighted by molar-refractivity contribution is 7.88. The molecule has 8 nitrogen and oxygen atoms in total. The van der Waals surface area contributed by atoms with Gasteiger partial charge in [-0.1, -0.05) is 12.1 Å². The zero-order chi connectivity index (χ0) is 18.4. The molecule has 0 aliphatic carbocycles. The summed E-state index contributed by atoms with van der Waals surface area (Å²) in [5.41, 5.74) is 1.03. The molecule has 0 spiro atoms. The van der Waals surface area contributed by atoms with Crippen molar-refractivity contribution in [3.63, 3.8) is 0 Å². The van der Waals surface area contributed by atoms with Crippen LogP contribution in [0, 0.1) is 5.92 Å². The molecular formula is C16H23N3O5S. The predicted octanol–water partition coefficient (Wildman–Crippen LogP) is 0.856. The molecule has 0 unspecified atom stereocenters. The Bertz CT molecular complexity index is 710. The van der Waals surface area contributed by atoms with E-state index in [-0.39, 0.29) is 17.5 Å². The molecule has 9 heteroatoms. The van der Waals surface area contributed by atoms with Crippen molar-refractivity contribution in [3.8, 4) is 0 Å². The summed E-state index contributed by atoms with van der Waals surface area (Å²) < 4.78 is 24.7. The van der Waals surface area contributed by atoms with Crippen LogP contribution < -0.4 is 10.0 Å². The van der Waals surface area contributed by atoms with Crippen LogP contribution in [0.5, 0.6) is 0 Å². The Kier molecular flexibility index (Phi) is 6.38. The minimum absolute atomic E-state index is 0.170. The molecule has 0 saturated carbocycles. The lowest BCUT2D eigenvalue weighted by Crippen LogP contribution is -2.45. The summed E-state index contributed by atoms with van der Waals surface area (Å²) in [6.07, 6.45) is 2.64. The molecule has 1 heterocycles. The van der Waals surface area contributed by atoms with E-state index in [1.807, 2.05) is 0 Å². The highest BCUT2D eigenvalue weighted by atomic mass is 32.2. The van der Waals surface area contributed by atoms with E-state index in [9.17, 15) is 18.0 Å². The molecular weight excluding hydrogens is 346 g/mol. The predicted molar refractivity (Wildman–Crippen MR) is 92.8 cm³/mol. The number of aromatic carboxylic acids is 1. The van der Waals surface area contributed by atoms with Gasteiger partial charge in [0, 0.05) is 26.2 Å².